The lowest BCUT2D eigenvalue weighted by atomic mass is 10.00. The van der Waals surface area contributed by atoms with E-state index in [2.05, 4.69) is 20.3 Å². The first-order valence-electron chi connectivity index (χ1n) is 9.45. The van der Waals surface area contributed by atoms with Gasteiger partial charge in [0.05, 0.1) is 12.0 Å². The van der Waals surface area contributed by atoms with E-state index in [0.29, 0.717) is 12.4 Å². The van der Waals surface area contributed by atoms with Gasteiger partial charge in [-0.2, -0.15) is 0 Å². The number of ether oxygens (including phenoxy) is 1. The van der Waals surface area contributed by atoms with E-state index in [9.17, 15) is 9.18 Å². The molecule has 0 saturated heterocycles. The second-order valence-electron chi connectivity index (χ2n) is 6.57. The number of rotatable bonds is 6. The quantitative estimate of drug-likeness (QED) is 0.444. The van der Waals surface area contributed by atoms with Crippen molar-refractivity contribution >= 4 is 33.3 Å². The molecule has 0 aliphatic rings. The molecule has 1 N–H and O–H groups in total. The third-order valence-corrected chi connectivity index (χ3v) is 5.70. The Morgan fingerprint density at radius 3 is 2.57 bits per heavy atom. The number of hydrogen-bond donors (Lipinski definition) is 1. The van der Waals surface area contributed by atoms with Gasteiger partial charge in [0.15, 0.2) is 0 Å². The van der Waals surface area contributed by atoms with Gasteiger partial charge >= 0.3 is 5.97 Å². The largest absolute Gasteiger partial charge is 0.464 e. The van der Waals surface area contributed by atoms with Crippen LogP contribution in [0.4, 0.5) is 10.2 Å². The first-order valence-corrected chi connectivity index (χ1v) is 10.3. The summed E-state index contributed by atoms with van der Waals surface area (Å²) >= 11 is 1.51. The Balaban J connectivity index is 1.92. The van der Waals surface area contributed by atoms with Crippen LogP contribution in [-0.4, -0.2) is 33.6 Å². The Morgan fingerprint density at radius 1 is 1.13 bits per heavy atom. The molecule has 0 bridgehead atoms. The predicted molar refractivity (Wildman–Crippen MR) is 116 cm³/mol. The van der Waals surface area contributed by atoms with Crippen LogP contribution in [0.25, 0.3) is 31.8 Å². The lowest BCUT2D eigenvalue weighted by molar-refractivity contribution is -0.143. The standard InChI is InChI=1S/C22H19FN4O2S/c1-3-29-22(28)13(2)27-20-18-17(14-4-6-16(23)7-5-14)19(15-8-10-24-11-9-15)30-21(18)26-12-25-20/h4-13H,3H2,1-2H3,(H,25,26,27). The number of esters is 1. The average molecular weight is 422 g/mol. The van der Waals surface area contributed by atoms with Gasteiger partial charge in [-0.05, 0) is 49.2 Å². The van der Waals surface area contributed by atoms with Crippen molar-refractivity contribution in [2.75, 3.05) is 11.9 Å². The van der Waals surface area contributed by atoms with Gasteiger partial charge < -0.3 is 10.1 Å². The van der Waals surface area contributed by atoms with Crippen molar-refractivity contribution in [3.05, 3.63) is 60.9 Å². The molecule has 6 nitrogen and oxygen atoms in total. The van der Waals surface area contributed by atoms with Crippen LogP contribution in [0.2, 0.25) is 0 Å². The first-order chi connectivity index (χ1) is 14.6. The van der Waals surface area contributed by atoms with Crippen LogP contribution in [0.15, 0.2) is 55.1 Å². The summed E-state index contributed by atoms with van der Waals surface area (Å²) < 4.78 is 18.7. The van der Waals surface area contributed by atoms with Gasteiger partial charge in [0.1, 0.15) is 28.8 Å². The normalized spacial score (nSPS) is 12.0. The van der Waals surface area contributed by atoms with Crippen molar-refractivity contribution in [3.63, 3.8) is 0 Å². The highest BCUT2D eigenvalue weighted by atomic mass is 32.1. The number of nitrogens with one attached hydrogen (secondary N) is 1. The second kappa shape index (κ2) is 8.54. The van der Waals surface area contributed by atoms with Crippen molar-refractivity contribution in [2.24, 2.45) is 0 Å². The minimum absolute atomic E-state index is 0.301. The Morgan fingerprint density at radius 2 is 1.87 bits per heavy atom. The van der Waals surface area contributed by atoms with Gasteiger partial charge in [0.25, 0.3) is 0 Å². The van der Waals surface area contributed by atoms with Crippen molar-refractivity contribution in [1.29, 1.82) is 0 Å². The molecular formula is C22H19FN4O2S. The molecule has 0 spiro atoms. The monoisotopic (exact) mass is 422 g/mol. The molecule has 4 rings (SSSR count). The molecule has 0 fully saturated rings. The highest BCUT2D eigenvalue weighted by Gasteiger charge is 2.22. The molecule has 3 aromatic heterocycles. The van der Waals surface area contributed by atoms with Crippen LogP contribution >= 0.6 is 11.3 Å². The molecule has 0 aliphatic carbocycles. The SMILES string of the molecule is CCOC(=O)C(C)Nc1ncnc2sc(-c3ccncc3)c(-c3ccc(F)cc3)c12. The maximum Gasteiger partial charge on any atom is 0.328 e. The van der Waals surface area contributed by atoms with Gasteiger partial charge in [-0.3, -0.25) is 4.98 Å². The van der Waals surface area contributed by atoms with Crippen LogP contribution < -0.4 is 5.32 Å². The van der Waals surface area contributed by atoms with E-state index < -0.39 is 6.04 Å². The molecule has 0 amide bonds. The van der Waals surface area contributed by atoms with Crippen molar-refractivity contribution in [1.82, 2.24) is 15.0 Å². The molecule has 1 atom stereocenters. The second-order valence-corrected chi connectivity index (χ2v) is 7.57. The number of thiophene rings is 1. The first kappa shape index (κ1) is 19.9. The number of nitrogens with zero attached hydrogens (tertiary/aromatic N) is 3. The molecule has 0 aliphatic heterocycles. The third kappa shape index (κ3) is 3.86. The maximum absolute atomic E-state index is 13.6. The molecule has 0 saturated carbocycles. The number of carbonyl (C=O) groups excluding carboxylic acids is 1. The number of hydrogen-bond acceptors (Lipinski definition) is 7. The van der Waals surface area contributed by atoms with Gasteiger partial charge in [-0.25, -0.2) is 19.2 Å². The number of carbonyl (C=O) groups is 1. The highest BCUT2D eigenvalue weighted by molar-refractivity contribution is 7.22. The Hall–Kier alpha value is -3.39. The summed E-state index contributed by atoms with van der Waals surface area (Å²) in [4.78, 5) is 26.8. The minimum atomic E-state index is -0.589. The number of anilines is 1. The molecule has 8 heteroatoms. The van der Waals surface area contributed by atoms with Crippen molar-refractivity contribution in [3.8, 4) is 21.6 Å². The van der Waals surface area contributed by atoms with E-state index >= 15 is 0 Å². The van der Waals surface area contributed by atoms with Gasteiger partial charge in [0.2, 0.25) is 0 Å². The van der Waals surface area contributed by atoms with Crippen molar-refractivity contribution in [2.45, 2.75) is 19.9 Å². The summed E-state index contributed by atoms with van der Waals surface area (Å²) in [7, 11) is 0. The number of fused-ring (bicyclic) bond motifs is 1. The van der Waals surface area contributed by atoms with E-state index in [4.69, 9.17) is 4.74 Å². The third-order valence-electron chi connectivity index (χ3n) is 4.56. The smallest absolute Gasteiger partial charge is 0.328 e. The van der Waals surface area contributed by atoms with E-state index in [-0.39, 0.29) is 11.8 Å². The fourth-order valence-corrected chi connectivity index (χ4v) is 4.34. The van der Waals surface area contributed by atoms with Crippen LogP contribution in [-0.2, 0) is 9.53 Å². The van der Waals surface area contributed by atoms with E-state index in [0.717, 1.165) is 31.8 Å². The van der Waals surface area contributed by atoms with Crippen LogP contribution in [0.5, 0.6) is 0 Å². The molecule has 152 valence electrons. The molecule has 1 unspecified atom stereocenters. The lowest BCUT2D eigenvalue weighted by Gasteiger charge is -2.14. The van der Waals surface area contributed by atoms with E-state index in [1.165, 1.54) is 29.8 Å². The molecule has 1 aromatic carbocycles. The minimum Gasteiger partial charge on any atom is -0.464 e. The zero-order valence-corrected chi connectivity index (χ0v) is 17.2. The summed E-state index contributed by atoms with van der Waals surface area (Å²) in [6.45, 7) is 3.79. The van der Waals surface area contributed by atoms with Gasteiger partial charge in [-0.15, -0.1) is 11.3 Å². The van der Waals surface area contributed by atoms with E-state index in [1.807, 2.05) is 12.1 Å². The topological polar surface area (TPSA) is 77.0 Å². The molecule has 30 heavy (non-hydrogen) atoms. The summed E-state index contributed by atoms with van der Waals surface area (Å²) in [5.74, 6) is -0.150. The zero-order valence-electron chi connectivity index (χ0n) is 16.4. The molecule has 4 aromatic rings. The van der Waals surface area contributed by atoms with Crippen LogP contribution in [0, 0.1) is 5.82 Å². The number of halogens is 1. The molecule has 0 radical (unpaired) electrons. The fourth-order valence-electron chi connectivity index (χ4n) is 3.17. The summed E-state index contributed by atoms with van der Waals surface area (Å²) in [5.41, 5.74) is 2.67. The Bertz CT molecular complexity index is 1180. The van der Waals surface area contributed by atoms with E-state index in [1.54, 1.807) is 38.4 Å². The predicted octanol–water partition coefficient (Wildman–Crippen LogP) is 4.92. The number of pyridine rings is 1. The number of aromatic nitrogens is 3. The fraction of sp³-hybridized carbons (Fsp3) is 0.182. The summed E-state index contributed by atoms with van der Waals surface area (Å²) in [6, 6.07) is 9.55. The Labute approximate surface area is 176 Å². The summed E-state index contributed by atoms with van der Waals surface area (Å²) in [6.07, 6.45) is 4.91. The van der Waals surface area contributed by atoms with Gasteiger partial charge in [-0.1, -0.05) is 12.1 Å². The summed E-state index contributed by atoms with van der Waals surface area (Å²) in [5, 5.41) is 3.93. The van der Waals surface area contributed by atoms with Crippen LogP contribution in [0.3, 0.4) is 0 Å². The average Bonchev–Trinajstić information content (AvgIpc) is 3.16. The molecule has 3 heterocycles. The molecular weight excluding hydrogens is 403 g/mol. The maximum atomic E-state index is 13.6. The Kier molecular flexibility index (Phi) is 5.67. The highest BCUT2D eigenvalue weighted by Crippen LogP contribution is 2.46. The van der Waals surface area contributed by atoms with Crippen LogP contribution in [0.1, 0.15) is 13.8 Å². The van der Waals surface area contributed by atoms with Crippen molar-refractivity contribution < 1.29 is 13.9 Å². The zero-order chi connectivity index (χ0) is 21.1. The number of benzene rings is 1. The lowest BCUT2D eigenvalue weighted by Crippen LogP contribution is -2.28. The van der Waals surface area contributed by atoms with Gasteiger partial charge in [0, 0.05) is 22.8 Å².